The molecule has 0 bridgehead atoms. The molecule has 2 atom stereocenters. The minimum absolute atomic E-state index is 0.119. The molecule has 0 radical (unpaired) electrons. The van der Waals surface area contributed by atoms with Gasteiger partial charge >= 0.3 is 0 Å². The zero-order chi connectivity index (χ0) is 15.5. The van der Waals surface area contributed by atoms with Crippen molar-refractivity contribution in [3.63, 3.8) is 0 Å². The molecule has 0 saturated heterocycles. The van der Waals surface area contributed by atoms with Gasteiger partial charge in [-0.15, -0.1) is 0 Å². The molecule has 21 heavy (non-hydrogen) atoms. The van der Waals surface area contributed by atoms with Gasteiger partial charge in [-0.1, -0.05) is 31.9 Å². The second kappa shape index (κ2) is 6.79. The standard InChI is InChI=1S/C16H26N2O2S/c1-4-17-15-10-5-6-11-16(15)21(19,20)18(3)14-9-7-8-13(2)12-14/h5-6,10-11,13-14,17H,4,7-9,12H2,1-3H3. The largest absolute Gasteiger partial charge is 0.384 e. The number of rotatable bonds is 5. The van der Waals surface area contributed by atoms with E-state index in [1.807, 2.05) is 19.1 Å². The zero-order valence-corrected chi connectivity index (χ0v) is 14.0. The Balaban J connectivity index is 2.28. The fraction of sp³-hybridized carbons (Fsp3) is 0.625. The van der Waals surface area contributed by atoms with E-state index in [9.17, 15) is 8.42 Å². The van der Waals surface area contributed by atoms with Gasteiger partial charge in [0.25, 0.3) is 0 Å². The fourth-order valence-corrected chi connectivity index (χ4v) is 4.67. The summed E-state index contributed by atoms with van der Waals surface area (Å²) in [6.45, 7) is 4.88. The average molecular weight is 310 g/mol. The predicted molar refractivity (Wildman–Crippen MR) is 87.0 cm³/mol. The van der Waals surface area contributed by atoms with Gasteiger partial charge in [0, 0.05) is 19.6 Å². The number of anilines is 1. The van der Waals surface area contributed by atoms with Crippen molar-refractivity contribution < 1.29 is 8.42 Å². The maximum atomic E-state index is 12.9. The van der Waals surface area contributed by atoms with Crippen LogP contribution in [0, 0.1) is 5.92 Å². The fourth-order valence-electron chi connectivity index (χ4n) is 3.11. The molecule has 4 nitrogen and oxygen atoms in total. The summed E-state index contributed by atoms with van der Waals surface area (Å²) in [5, 5.41) is 3.14. The van der Waals surface area contributed by atoms with E-state index in [2.05, 4.69) is 12.2 Å². The molecule has 1 aliphatic carbocycles. The Morgan fingerprint density at radius 1 is 1.29 bits per heavy atom. The lowest BCUT2D eigenvalue weighted by Gasteiger charge is -2.33. The van der Waals surface area contributed by atoms with Gasteiger partial charge in [0.15, 0.2) is 0 Å². The van der Waals surface area contributed by atoms with Crippen LogP contribution < -0.4 is 5.32 Å². The van der Waals surface area contributed by atoms with Gasteiger partial charge in [-0.3, -0.25) is 0 Å². The number of nitrogens with zero attached hydrogens (tertiary/aromatic N) is 1. The van der Waals surface area contributed by atoms with Crippen LogP contribution in [0.3, 0.4) is 0 Å². The van der Waals surface area contributed by atoms with Gasteiger partial charge in [0.2, 0.25) is 10.0 Å². The van der Waals surface area contributed by atoms with Crippen LogP contribution in [0.4, 0.5) is 5.69 Å². The molecule has 1 aromatic rings. The molecular formula is C16H26N2O2S. The third kappa shape index (κ3) is 3.58. The van der Waals surface area contributed by atoms with E-state index < -0.39 is 10.0 Å². The lowest BCUT2D eigenvalue weighted by atomic mass is 9.87. The second-order valence-electron chi connectivity index (χ2n) is 5.97. The van der Waals surface area contributed by atoms with Crippen LogP contribution in [0.5, 0.6) is 0 Å². The zero-order valence-electron chi connectivity index (χ0n) is 13.2. The van der Waals surface area contributed by atoms with Gasteiger partial charge in [0.1, 0.15) is 4.90 Å². The topological polar surface area (TPSA) is 49.4 Å². The van der Waals surface area contributed by atoms with Crippen molar-refractivity contribution in [2.24, 2.45) is 5.92 Å². The molecule has 1 saturated carbocycles. The summed E-state index contributed by atoms with van der Waals surface area (Å²) in [5.41, 5.74) is 0.690. The monoisotopic (exact) mass is 310 g/mol. The number of nitrogens with one attached hydrogen (secondary N) is 1. The van der Waals surface area contributed by atoms with E-state index in [-0.39, 0.29) is 6.04 Å². The van der Waals surface area contributed by atoms with E-state index in [0.717, 1.165) is 19.3 Å². The molecular weight excluding hydrogens is 284 g/mol. The number of benzene rings is 1. The van der Waals surface area contributed by atoms with Crippen molar-refractivity contribution in [3.8, 4) is 0 Å². The SMILES string of the molecule is CCNc1ccccc1S(=O)(=O)N(C)C1CCCC(C)C1. The first-order valence-corrected chi connectivity index (χ1v) is 9.21. The quantitative estimate of drug-likeness (QED) is 0.907. The normalized spacial score (nSPS) is 23.2. The van der Waals surface area contributed by atoms with Crippen LogP contribution in [-0.4, -0.2) is 32.4 Å². The summed E-state index contributed by atoms with van der Waals surface area (Å²) < 4.78 is 27.4. The average Bonchev–Trinajstić information content (AvgIpc) is 2.47. The molecule has 1 fully saturated rings. The Morgan fingerprint density at radius 2 is 2.00 bits per heavy atom. The number of hydrogen-bond acceptors (Lipinski definition) is 3. The minimum Gasteiger partial charge on any atom is -0.384 e. The molecule has 1 N–H and O–H groups in total. The molecule has 2 unspecified atom stereocenters. The Hall–Kier alpha value is -1.07. The van der Waals surface area contributed by atoms with E-state index in [4.69, 9.17) is 0 Å². The van der Waals surface area contributed by atoms with Gasteiger partial charge in [-0.05, 0) is 37.8 Å². The third-order valence-electron chi connectivity index (χ3n) is 4.33. The highest BCUT2D eigenvalue weighted by Gasteiger charge is 2.32. The summed E-state index contributed by atoms with van der Waals surface area (Å²) in [6, 6.07) is 7.28. The lowest BCUT2D eigenvalue weighted by molar-refractivity contribution is 0.239. The Kier molecular flexibility index (Phi) is 5.27. The van der Waals surface area contributed by atoms with Crippen LogP contribution in [0.25, 0.3) is 0 Å². The van der Waals surface area contributed by atoms with Crippen LogP contribution in [0.2, 0.25) is 0 Å². The van der Waals surface area contributed by atoms with Crippen molar-refractivity contribution >= 4 is 15.7 Å². The summed E-state index contributed by atoms with van der Waals surface area (Å²) in [7, 11) is -1.72. The van der Waals surface area contributed by atoms with Gasteiger partial charge in [-0.25, -0.2) is 8.42 Å². The highest BCUT2D eigenvalue weighted by molar-refractivity contribution is 7.89. The van der Waals surface area contributed by atoms with Crippen molar-refractivity contribution in [3.05, 3.63) is 24.3 Å². The van der Waals surface area contributed by atoms with Gasteiger partial charge < -0.3 is 5.32 Å². The van der Waals surface area contributed by atoms with Crippen molar-refractivity contribution in [1.82, 2.24) is 4.31 Å². The van der Waals surface area contributed by atoms with Crippen molar-refractivity contribution in [2.45, 2.75) is 50.5 Å². The molecule has 2 rings (SSSR count). The lowest BCUT2D eigenvalue weighted by Crippen LogP contribution is -2.40. The molecule has 118 valence electrons. The van der Waals surface area contributed by atoms with E-state index in [0.29, 0.717) is 23.0 Å². The number of sulfonamides is 1. The molecule has 1 aliphatic rings. The second-order valence-corrected chi connectivity index (χ2v) is 7.94. The molecule has 0 aromatic heterocycles. The van der Waals surface area contributed by atoms with Crippen molar-refractivity contribution in [1.29, 1.82) is 0 Å². The Labute approximate surface area is 128 Å². The van der Waals surface area contributed by atoms with Crippen LogP contribution in [0.15, 0.2) is 29.2 Å². The van der Waals surface area contributed by atoms with Gasteiger partial charge in [-0.2, -0.15) is 4.31 Å². The van der Waals surface area contributed by atoms with Gasteiger partial charge in [0.05, 0.1) is 5.69 Å². The summed E-state index contributed by atoms with van der Waals surface area (Å²) in [5.74, 6) is 0.602. The Bertz CT molecular complexity index is 571. The first-order valence-electron chi connectivity index (χ1n) is 7.77. The maximum Gasteiger partial charge on any atom is 0.245 e. The summed E-state index contributed by atoms with van der Waals surface area (Å²) in [6.07, 6.45) is 4.24. The van der Waals surface area contributed by atoms with E-state index in [1.165, 1.54) is 6.42 Å². The first-order chi connectivity index (χ1) is 9.96. The first kappa shape index (κ1) is 16.3. The van der Waals surface area contributed by atoms with Crippen LogP contribution in [-0.2, 0) is 10.0 Å². The number of hydrogen-bond donors (Lipinski definition) is 1. The molecule has 1 aromatic carbocycles. The smallest absolute Gasteiger partial charge is 0.245 e. The number of para-hydroxylation sites is 1. The molecule has 5 heteroatoms. The highest BCUT2D eigenvalue weighted by Crippen LogP contribution is 2.31. The van der Waals surface area contributed by atoms with Crippen LogP contribution in [0.1, 0.15) is 39.5 Å². The van der Waals surface area contributed by atoms with E-state index >= 15 is 0 Å². The molecule has 0 aliphatic heterocycles. The van der Waals surface area contributed by atoms with E-state index in [1.54, 1.807) is 23.5 Å². The third-order valence-corrected chi connectivity index (χ3v) is 6.30. The summed E-state index contributed by atoms with van der Waals surface area (Å²) >= 11 is 0. The molecule has 0 spiro atoms. The minimum atomic E-state index is -3.44. The van der Waals surface area contributed by atoms with Crippen molar-refractivity contribution in [2.75, 3.05) is 18.9 Å². The highest BCUT2D eigenvalue weighted by atomic mass is 32.2. The van der Waals surface area contributed by atoms with Crippen LogP contribution >= 0.6 is 0 Å². The molecule has 0 amide bonds. The predicted octanol–water partition coefficient (Wildman–Crippen LogP) is 3.32. The Morgan fingerprint density at radius 3 is 2.67 bits per heavy atom. The molecule has 0 heterocycles. The maximum absolute atomic E-state index is 12.9. The summed E-state index contributed by atoms with van der Waals surface area (Å²) in [4.78, 5) is 0.382.